The Labute approximate surface area is 128 Å². The summed E-state index contributed by atoms with van der Waals surface area (Å²) in [4.78, 5) is 14.5. The minimum absolute atomic E-state index is 0.0575. The Morgan fingerprint density at radius 1 is 1.19 bits per heavy atom. The molecule has 1 aliphatic rings. The number of likely N-dealkylation sites (tertiary alicyclic amines) is 1. The van der Waals surface area contributed by atoms with Gasteiger partial charge in [-0.25, -0.2) is 4.79 Å². The molecule has 0 N–H and O–H groups in total. The highest BCUT2D eigenvalue weighted by Crippen LogP contribution is 2.22. The number of benzene rings is 1. The molecule has 0 unspecified atom stereocenters. The van der Waals surface area contributed by atoms with E-state index in [-0.39, 0.29) is 17.5 Å². The first-order valence-electron chi connectivity index (χ1n) is 7.90. The third-order valence-electron chi connectivity index (χ3n) is 4.01. The molecule has 0 radical (unpaired) electrons. The molecule has 0 aliphatic carbocycles. The Hall–Kier alpha value is -1.35. The zero-order valence-electron chi connectivity index (χ0n) is 13.7. The van der Waals surface area contributed by atoms with E-state index in [1.165, 1.54) is 18.4 Å². The first-order valence-corrected chi connectivity index (χ1v) is 7.90. The average molecular weight is 289 g/mol. The maximum absolute atomic E-state index is 12.1. The number of carbonyl (C=O) groups excluding carboxylic acids is 1. The van der Waals surface area contributed by atoms with Crippen LogP contribution in [-0.2, 0) is 10.2 Å². The largest absolute Gasteiger partial charge is 0.458 e. The van der Waals surface area contributed by atoms with Crippen LogP contribution >= 0.6 is 0 Å². The topological polar surface area (TPSA) is 29.5 Å². The van der Waals surface area contributed by atoms with Crippen LogP contribution in [0.15, 0.2) is 24.3 Å². The highest BCUT2D eigenvalue weighted by Gasteiger charge is 2.19. The van der Waals surface area contributed by atoms with Gasteiger partial charge in [-0.1, -0.05) is 32.9 Å². The number of esters is 1. The summed E-state index contributed by atoms with van der Waals surface area (Å²) in [6, 6.07) is 7.76. The molecule has 3 heteroatoms. The van der Waals surface area contributed by atoms with Gasteiger partial charge in [-0.05, 0) is 56.0 Å². The average Bonchev–Trinajstić information content (AvgIpc) is 2.90. The highest BCUT2D eigenvalue weighted by molar-refractivity contribution is 5.89. The van der Waals surface area contributed by atoms with Crippen LogP contribution in [0.25, 0.3) is 0 Å². The van der Waals surface area contributed by atoms with E-state index in [1.54, 1.807) is 0 Å². The Balaban J connectivity index is 1.90. The van der Waals surface area contributed by atoms with Crippen molar-refractivity contribution < 1.29 is 9.53 Å². The lowest BCUT2D eigenvalue weighted by Crippen LogP contribution is -2.31. The minimum Gasteiger partial charge on any atom is -0.458 e. The van der Waals surface area contributed by atoms with Crippen molar-refractivity contribution in [2.24, 2.45) is 0 Å². The number of nitrogens with zero attached hydrogens (tertiary/aromatic N) is 1. The number of hydrogen-bond acceptors (Lipinski definition) is 3. The second-order valence-corrected chi connectivity index (χ2v) is 7.05. The summed E-state index contributed by atoms with van der Waals surface area (Å²) >= 11 is 0. The van der Waals surface area contributed by atoms with Crippen LogP contribution in [0.4, 0.5) is 0 Å². The van der Waals surface area contributed by atoms with Crippen molar-refractivity contribution >= 4 is 5.97 Å². The number of hydrogen-bond donors (Lipinski definition) is 0. The highest BCUT2D eigenvalue weighted by atomic mass is 16.5. The quantitative estimate of drug-likeness (QED) is 0.793. The molecular weight excluding hydrogens is 262 g/mol. The van der Waals surface area contributed by atoms with Crippen LogP contribution in [-0.4, -0.2) is 36.6 Å². The Morgan fingerprint density at radius 2 is 1.76 bits per heavy atom. The smallest absolute Gasteiger partial charge is 0.338 e. The van der Waals surface area contributed by atoms with Crippen molar-refractivity contribution in [3.8, 4) is 0 Å². The second kappa shape index (κ2) is 6.61. The van der Waals surface area contributed by atoms with Crippen molar-refractivity contribution in [2.75, 3.05) is 19.6 Å². The SMILES string of the molecule is C[C@@H](CN1CCCC1)OC(=O)c1ccc(C(C)(C)C)cc1. The number of rotatable bonds is 4. The molecular formula is C18H27NO2. The van der Waals surface area contributed by atoms with Gasteiger partial charge in [0, 0.05) is 6.54 Å². The zero-order chi connectivity index (χ0) is 15.5. The third-order valence-corrected chi connectivity index (χ3v) is 4.01. The van der Waals surface area contributed by atoms with Crippen molar-refractivity contribution in [2.45, 2.75) is 52.1 Å². The van der Waals surface area contributed by atoms with E-state index in [0.717, 1.165) is 19.6 Å². The van der Waals surface area contributed by atoms with Crippen LogP contribution in [0.3, 0.4) is 0 Å². The van der Waals surface area contributed by atoms with Gasteiger partial charge in [0.1, 0.15) is 6.10 Å². The van der Waals surface area contributed by atoms with Gasteiger partial charge in [-0.3, -0.25) is 4.90 Å². The van der Waals surface area contributed by atoms with Crippen molar-refractivity contribution in [3.05, 3.63) is 35.4 Å². The van der Waals surface area contributed by atoms with Gasteiger partial charge in [-0.2, -0.15) is 0 Å². The summed E-state index contributed by atoms with van der Waals surface area (Å²) < 4.78 is 5.54. The van der Waals surface area contributed by atoms with Gasteiger partial charge in [0.05, 0.1) is 5.56 Å². The van der Waals surface area contributed by atoms with Gasteiger partial charge < -0.3 is 4.74 Å². The first-order chi connectivity index (χ1) is 9.86. The molecule has 0 aromatic heterocycles. The molecule has 1 fully saturated rings. The minimum atomic E-state index is -0.220. The fraction of sp³-hybridized carbons (Fsp3) is 0.611. The van der Waals surface area contributed by atoms with Crippen LogP contribution in [0, 0.1) is 0 Å². The van der Waals surface area contributed by atoms with Gasteiger partial charge in [0.2, 0.25) is 0 Å². The van der Waals surface area contributed by atoms with Crippen LogP contribution < -0.4 is 0 Å². The zero-order valence-corrected chi connectivity index (χ0v) is 13.7. The Kier molecular flexibility index (Phi) is 5.04. The fourth-order valence-electron chi connectivity index (χ4n) is 2.72. The van der Waals surface area contributed by atoms with Gasteiger partial charge in [0.25, 0.3) is 0 Å². The molecule has 3 nitrogen and oxygen atoms in total. The Morgan fingerprint density at radius 3 is 2.29 bits per heavy atom. The second-order valence-electron chi connectivity index (χ2n) is 7.05. The van der Waals surface area contributed by atoms with Crippen LogP contribution in [0.5, 0.6) is 0 Å². The molecule has 1 heterocycles. The molecule has 0 amide bonds. The first kappa shape index (κ1) is 16.0. The van der Waals surface area contributed by atoms with Gasteiger partial charge in [0.15, 0.2) is 0 Å². The van der Waals surface area contributed by atoms with Crippen LogP contribution in [0.1, 0.15) is 56.5 Å². The predicted octanol–water partition coefficient (Wildman–Crippen LogP) is 3.63. The molecule has 0 spiro atoms. The van der Waals surface area contributed by atoms with Crippen molar-refractivity contribution in [1.29, 1.82) is 0 Å². The van der Waals surface area contributed by atoms with E-state index < -0.39 is 0 Å². The number of ether oxygens (including phenoxy) is 1. The molecule has 2 rings (SSSR count). The lowest BCUT2D eigenvalue weighted by Gasteiger charge is -2.21. The van der Waals surface area contributed by atoms with Crippen molar-refractivity contribution in [1.82, 2.24) is 4.90 Å². The van der Waals surface area contributed by atoms with E-state index in [2.05, 4.69) is 25.7 Å². The molecule has 0 bridgehead atoms. The normalized spacial score (nSPS) is 17.7. The maximum Gasteiger partial charge on any atom is 0.338 e. The maximum atomic E-state index is 12.1. The van der Waals surface area contributed by atoms with E-state index in [1.807, 2.05) is 31.2 Å². The molecule has 1 aromatic carbocycles. The Bertz CT molecular complexity index is 467. The van der Waals surface area contributed by atoms with Gasteiger partial charge in [-0.15, -0.1) is 0 Å². The molecule has 1 atom stereocenters. The summed E-state index contributed by atoms with van der Waals surface area (Å²) in [6.45, 7) is 11.6. The summed E-state index contributed by atoms with van der Waals surface area (Å²) in [6.07, 6.45) is 2.46. The van der Waals surface area contributed by atoms with Gasteiger partial charge >= 0.3 is 5.97 Å². The summed E-state index contributed by atoms with van der Waals surface area (Å²) in [5, 5.41) is 0. The van der Waals surface area contributed by atoms with Crippen LogP contribution in [0.2, 0.25) is 0 Å². The summed E-state index contributed by atoms with van der Waals surface area (Å²) in [7, 11) is 0. The predicted molar refractivity (Wildman–Crippen MR) is 85.7 cm³/mol. The lowest BCUT2D eigenvalue weighted by atomic mass is 9.87. The molecule has 1 saturated heterocycles. The summed E-state index contributed by atoms with van der Waals surface area (Å²) in [5.41, 5.74) is 1.96. The molecule has 0 saturated carbocycles. The third kappa shape index (κ3) is 4.57. The molecule has 21 heavy (non-hydrogen) atoms. The summed E-state index contributed by atoms with van der Waals surface area (Å²) in [5.74, 6) is -0.220. The van der Waals surface area contributed by atoms with E-state index >= 15 is 0 Å². The fourth-order valence-corrected chi connectivity index (χ4v) is 2.72. The molecule has 116 valence electrons. The molecule has 1 aromatic rings. The monoisotopic (exact) mass is 289 g/mol. The standard InChI is InChI=1S/C18H27NO2/c1-14(13-19-11-5-6-12-19)21-17(20)15-7-9-16(10-8-15)18(2,3)4/h7-10,14H,5-6,11-13H2,1-4H3/t14-/m0/s1. The lowest BCUT2D eigenvalue weighted by molar-refractivity contribution is 0.0271. The number of carbonyl (C=O) groups is 1. The van der Waals surface area contributed by atoms with E-state index in [4.69, 9.17) is 4.74 Å². The van der Waals surface area contributed by atoms with E-state index in [9.17, 15) is 4.79 Å². The van der Waals surface area contributed by atoms with E-state index in [0.29, 0.717) is 5.56 Å². The molecule has 1 aliphatic heterocycles. The van der Waals surface area contributed by atoms with Crippen molar-refractivity contribution in [3.63, 3.8) is 0 Å².